The van der Waals surface area contributed by atoms with E-state index in [9.17, 15) is 5.11 Å². The average molecular weight is 387 g/mol. The summed E-state index contributed by atoms with van der Waals surface area (Å²) in [6.45, 7) is 5.79. The second kappa shape index (κ2) is 6.40. The van der Waals surface area contributed by atoms with E-state index in [1.54, 1.807) is 18.3 Å². The zero-order valence-electron chi connectivity index (χ0n) is 10.8. The Morgan fingerprint density at radius 3 is 2.30 bits per heavy atom. The quantitative estimate of drug-likeness (QED) is 0.733. The van der Waals surface area contributed by atoms with Gasteiger partial charge in [0.2, 0.25) is 0 Å². The van der Waals surface area contributed by atoms with Crippen LogP contribution in [0, 0.1) is 42.5 Å². The summed E-state index contributed by atoms with van der Waals surface area (Å²) in [5.41, 5.74) is 2.02. The first kappa shape index (κ1) is 15.0. The predicted molar refractivity (Wildman–Crippen MR) is 74.1 cm³/mol. The number of aromatic hydroxyl groups is 1. The van der Waals surface area contributed by atoms with Gasteiger partial charge in [0.25, 0.3) is 0 Å². The predicted octanol–water partition coefficient (Wildman–Crippen LogP) is 3.30. The van der Waals surface area contributed by atoms with Crippen molar-refractivity contribution in [1.82, 2.24) is 9.55 Å². The van der Waals surface area contributed by atoms with Gasteiger partial charge in [-0.3, -0.25) is 4.57 Å². The van der Waals surface area contributed by atoms with Gasteiger partial charge in [-0.1, -0.05) is 30.3 Å². The molecule has 0 aliphatic heterocycles. The van der Waals surface area contributed by atoms with Gasteiger partial charge in [0.1, 0.15) is 11.6 Å². The van der Waals surface area contributed by atoms with Gasteiger partial charge in [-0.2, -0.15) is 0 Å². The van der Waals surface area contributed by atoms with E-state index in [-0.39, 0.29) is 41.3 Å². The summed E-state index contributed by atoms with van der Waals surface area (Å²) < 4.78 is 1.87. The molecule has 1 heterocycles. The van der Waals surface area contributed by atoms with Gasteiger partial charge >= 0.3 is 0 Å². The number of hydrogen-bond acceptors (Lipinski definition) is 2. The monoisotopic (exact) mass is 387 g/mol. The summed E-state index contributed by atoms with van der Waals surface area (Å²) in [5.74, 6) is 0.812. The van der Waals surface area contributed by atoms with Crippen LogP contribution in [-0.2, 0) is 0 Å². The molecule has 0 saturated carbocycles. The Kier molecular flexibility index (Phi) is 4.81. The van der Waals surface area contributed by atoms with Crippen molar-refractivity contribution in [3.8, 4) is 22.8 Å². The van der Waals surface area contributed by atoms with Crippen LogP contribution in [0.2, 0.25) is 0 Å². The Labute approximate surface area is 145 Å². The van der Waals surface area contributed by atoms with Crippen LogP contribution in [0.4, 0.5) is 0 Å². The van der Waals surface area contributed by atoms with Gasteiger partial charge in [-0.25, -0.2) is 4.98 Å². The summed E-state index contributed by atoms with van der Waals surface area (Å²) in [7, 11) is 0. The molecule has 4 heteroatoms. The first-order valence-electron chi connectivity index (χ1n) is 5.94. The second-order valence-corrected chi connectivity index (χ2v) is 4.21. The zero-order chi connectivity index (χ0) is 13.2. The van der Waals surface area contributed by atoms with Crippen LogP contribution in [0.3, 0.4) is 0 Å². The molecule has 2 aromatic carbocycles. The van der Waals surface area contributed by atoms with Crippen LogP contribution in [0.25, 0.3) is 17.1 Å². The maximum Gasteiger partial charge on any atom is 0.148 e. The normalized spacial score (nSPS) is 10.1. The molecule has 20 heavy (non-hydrogen) atoms. The number of rotatable bonds is 2. The first-order valence-corrected chi connectivity index (χ1v) is 5.94. The van der Waals surface area contributed by atoms with Crippen LogP contribution < -0.4 is 0 Å². The Morgan fingerprint density at radius 1 is 0.950 bits per heavy atom. The molecule has 0 atom stereocenters. The largest absolute Gasteiger partial charge is 0.507 e. The third-order valence-electron chi connectivity index (χ3n) is 2.90. The molecule has 1 N–H and O–H groups in total. The summed E-state index contributed by atoms with van der Waals surface area (Å²) in [5, 5.41) is 9.95. The molecule has 0 aliphatic carbocycles. The van der Waals surface area contributed by atoms with Crippen molar-refractivity contribution in [1.29, 1.82) is 0 Å². The van der Waals surface area contributed by atoms with Gasteiger partial charge in [0, 0.05) is 54.4 Å². The van der Waals surface area contributed by atoms with E-state index in [0.29, 0.717) is 17.1 Å². The molecule has 0 spiro atoms. The molecule has 0 bridgehead atoms. The van der Waals surface area contributed by atoms with E-state index in [4.69, 9.17) is 6.92 Å². The van der Waals surface area contributed by atoms with Crippen molar-refractivity contribution in [3.05, 3.63) is 73.4 Å². The molecule has 1 aromatic heterocycles. The fourth-order valence-electron chi connectivity index (χ4n) is 2.04. The summed E-state index contributed by atoms with van der Waals surface area (Å²) in [4.78, 5) is 4.30. The smallest absolute Gasteiger partial charge is 0.148 e. The summed E-state index contributed by atoms with van der Waals surface area (Å²) >= 11 is 0. The van der Waals surface area contributed by atoms with E-state index in [1.165, 1.54) is 0 Å². The van der Waals surface area contributed by atoms with Crippen LogP contribution in [0.15, 0.2) is 60.8 Å². The molecule has 3 aromatic rings. The Bertz CT molecular complexity index is 708. The van der Waals surface area contributed by atoms with Crippen molar-refractivity contribution >= 4 is 0 Å². The minimum atomic E-state index is 0. The third kappa shape index (κ3) is 2.87. The molecule has 3 rings (SSSR count). The number of imidazole rings is 1. The summed E-state index contributed by atoms with van der Waals surface area (Å²) in [6.07, 6.45) is 1.75. The molecule has 0 fully saturated rings. The van der Waals surface area contributed by atoms with E-state index < -0.39 is 0 Å². The standard InChI is InChI=1S/C16H12N2O.La/c1-12-11-18(13-7-3-2-4-8-13)16(17-12)14-9-5-6-10-15(14)19;/h1-11,19H;. The SMILES string of the molecule is [CH]c1cn(-c2ccccc2)c(-c2ccccc2O)n1.[La]. The molecule has 3 radical (unpaired) electrons. The molecular formula is C16H12LaN2O. The molecule has 0 saturated heterocycles. The Balaban J connectivity index is 0.00000147. The van der Waals surface area contributed by atoms with Crippen molar-refractivity contribution in [2.45, 2.75) is 0 Å². The fourth-order valence-corrected chi connectivity index (χ4v) is 2.04. The van der Waals surface area contributed by atoms with Crippen LogP contribution >= 0.6 is 0 Å². The average Bonchev–Trinajstić information content (AvgIpc) is 2.82. The minimum absolute atomic E-state index is 0. The molecule has 0 aliphatic rings. The molecule has 0 amide bonds. The van der Waals surface area contributed by atoms with Crippen molar-refractivity contribution < 1.29 is 40.7 Å². The van der Waals surface area contributed by atoms with Gasteiger partial charge in [-0.15, -0.1) is 0 Å². The Morgan fingerprint density at radius 2 is 1.60 bits per heavy atom. The number of aromatic nitrogens is 2. The molecule has 95 valence electrons. The van der Waals surface area contributed by atoms with E-state index in [2.05, 4.69) is 4.98 Å². The van der Waals surface area contributed by atoms with Gasteiger partial charge < -0.3 is 5.11 Å². The van der Waals surface area contributed by atoms with Crippen molar-refractivity contribution in [2.24, 2.45) is 0 Å². The first-order chi connectivity index (χ1) is 9.25. The Hall–Kier alpha value is -1.36. The summed E-state index contributed by atoms with van der Waals surface area (Å²) in [6, 6.07) is 16.8. The van der Waals surface area contributed by atoms with E-state index in [0.717, 1.165) is 5.69 Å². The van der Waals surface area contributed by atoms with E-state index >= 15 is 0 Å². The topological polar surface area (TPSA) is 38.0 Å². The molecule has 3 nitrogen and oxygen atoms in total. The number of para-hydroxylation sites is 2. The number of phenols is 1. The number of hydrogen-bond donors (Lipinski definition) is 1. The fraction of sp³-hybridized carbons (Fsp3) is 0. The number of nitrogens with zero attached hydrogens (tertiary/aromatic N) is 2. The van der Waals surface area contributed by atoms with Gasteiger partial charge in [-0.05, 0) is 24.3 Å². The maximum absolute atomic E-state index is 9.95. The zero-order valence-corrected chi connectivity index (χ0v) is 14.4. The van der Waals surface area contributed by atoms with Gasteiger partial charge in [0.15, 0.2) is 0 Å². The van der Waals surface area contributed by atoms with Gasteiger partial charge in [0.05, 0.1) is 11.3 Å². The van der Waals surface area contributed by atoms with Crippen LogP contribution in [-0.4, -0.2) is 14.7 Å². The maximum atomic E-state index is 9.95. The van der Waals surface area contributed by atoms with Crippen molar-refractivity contribution in [2.75, 3.05) is 0 Å². The van der Waals surface area contributed by atoms with E-state index in [1.807, 2.05) is 47.0 Å². The second-order valence-electron chi connectivity index (χ2n) is 4.21. The molecular weight excluding hydrogens is 375 g/mol. The minimum Gasteiger partial charge on any atom is -0.507 e. The van der Waals surface area contributed by atoms with Crippen LogP contribution in [0.1, 0.15) is 5.69 Å². The van der Waals surface area contributed by atoms with Crippen LogP contribution in [0.5, 0.6) is 5.75 Å². The molecule has 0 unspecified atom stereocenters. The van der Waals surface area contributed by atoms with Crippen molar-refractivity contribution in [3.63, 3.8) is 0 Å². The number of benzene rings is 2. The third-order valence-corrected chi connectivity index (χ3v) is 2.90. The number of phenolic OH excluding ortho intramolecular Hbond substituents is 1.